The molecule has 2 aliphatic rings. The number of likely N-dealkylation sites (tertiary alicyclic amines) is 2. The standard InChI is InChI=1S/C22H41N5O4.HI/c1-21(2,3)30-19(28)25-17-10-13-27(15-17)18(23-7)24-14-16-8-11-26(12-9-16)20(29)31-22(4,5)6;/h16-17H,8-15H2,1-7H3,(H,23,24)(H,25,28);1H. The van der Waals surface area contributed by atoms with Crippen LogP contribution in [-0.4, -0.2) is 85.0 Å². The fourth-order valence-corrected chi connectivity index (χ4v) is 3.76. The molecule has 0 saturated carbocycles. The third-order valence-electron chi connectivity index (χ3n) is 5.24. The molecule has 10 heteroatoms. The summed E-state index contributed by atoms with van der Waals surface area (Å²) in [6.45, 7) is 15.0. The van der Waals surface area contributed by atoms with Crippen molar-refractivity contribution in [2.45, 2.75) is 78.0 Å². The Balaban J connectivity index is 0.00000512. The maximum atomic E-state index is 12.2. The van der Waals surface area contributed by atoms with Crippen molar-refractivity contribution in [3.05, 3.63) is 0 Å². The first-order chi connectivity index (χ1) is 14.4. The van der Waals surface area contributed by atoms with Crippen molar-refractivity contribution in [2.75, 3.05) is 39.8 Å². The molecule has 0 aromatic heterocycles. The first-order valence-corrected chi connectivity index (χ1v) is 11.3. The molecule has 0 aliphatic carbocycles. The third kappa shape index (κ3) is 9.99. The van der Waals surface area contributed by atoms with Gasteiger partial charge in [0, 0.05) is 39.8 Å². The molecular formula is C22H42IN5O4. The van der Waals surface area contributed by atoms with E-state index in [0.29, 0.717) is 25.6 Å². The summed E-state index contributed by atoms with van der Waals surface area (Å²) >= 11 is 0. The molecule has 32 heavy (non-hydrogen) atoms. The minimum absolute atomic E-state index is 0. The molecule has 2 saturated heterocycles. The number of rotatable bonds is 3. The lowest BCUT2D eigenvalue weighted by atomic mass is 9.97. The van der Waals surface area contributed by atoms with E-state index in [4.69, 9.17) is 9.47 Å². The lowest BCUT2D eigenvalue weighted by Gasteiger charge is -2.34. The van der Waals surface area contributed by atoms with Crippen molar-refractivity contribution in [3.63, 3.8) is 0 Å². The molecule has 1 atom stereocenters. The van der Waals surface area contributed by atoms with E-state index < -0.39 is 11.2 Å². The van der Waals surface area contributed by atoms with Gasteiger partial charge >= 0.3 is 12.2 Å². The Morgan fingerprint density at radius 3 is 2.03 bits per heavy atom. The zero-order valence-corrected chi connectivity index (χ0v) is 23.0. The summed E-state index contributed by atoms with van der Waals surface area (Å²) in [5, 5.41) is 6.42. The monoisotopic (exact) mass is 567 g/mol. The highest BCUT2D eigenvalue weighted by Gasteiger charge is 2.29. The van der Waals surface area contributed by atoms with Crippen LogP contribution in [0, 0.1) is 5.92 Å². The van der Waals surface area contributed by atoms with E-state index in [0.717, 1.165) is 38.3 Å². The number of halogens is 1. The van der Waals surface area contributed by atoms with Crippen molar-refractivity contribution in [1.82, 2.24) is 20.4 Å². The highest BCUT2D eigenvalue weighted by atomic mass is 127. The quantitative estimate of drug-likeness (QED) is 0.309. The van der Waals surface area contributed by atoms with Crippen molar-refractivity contribution >= 4 is 42.1 Å². The van der Waals surface area contributed by atoms with Crippen LogP contribution in [0.15, 0.2) is 4.99 Å². The third-order valence-corrected chi connectivity index (χ3v) is 5.24. The first kappa shape index (κ1) is 28.6. The second-order valence-corrected chi connectivity index (χ2v) is 10.4. The predicted molar refractivity (Wildman–Crippen MR) is 137 cm³/mol. The van der Waals surface area contributed by atoms with Gasteiger partial charge in [0.25, 0.3) is 0 Å². The van der Waals surface area contributed by atoms with Crippen LogP contribution in [0.5, 0.6) is 0 Å². The number of aliphatic imine (C=N–C) groups is 1. The van der Waals surface area contributed by atoms with Gasteiger partial charge in [-0.3, -0.25) is 4.99 Å². The van der Waals surface area contributed by atoms with Crippen LogP contribution < -0.4 is 10.6 Å². The van der Waals surface area contributed by atoms with Gasteiger partial charge in [-0.25, -0.2) is 9.59 Å². The van der Waals surface area contributed by atoms with Gasteiger partial charge in [0.1, 0.15) is 11.2 Å². The van der Waals surface area contributed by atoms with Gasteiger partial charge in [0.2, 0.25) is 0 Å². The van der Waals surface area contributed by atoms with Gasteiger partial charge in [-0.15, -0.1) is 24.0 Å². The molecule has 0 aromatic carbocycles. The van der Waals surface area contributed by atoms with Crippen LogP contribution in [-0.2, 0) is 9.47 Å². The topological polar surface area (TPSA) is 95.5 Å². The molecule has 2 N–H and O–H groups in total. The van der Waals surface area contributed by atoms with E-state index >= 15 is 0 Å². The van der Waals surface area contributed by atoms with Gasteiger partial charge in [-0.2, -0.15) is 0 Å². The number of hydrogen-bond acceptors (Lipinski definition) is 5. The normalized spacial score (nSPS) is 20.5. The van der Waals surface area contributed by atoms with Gasteiger partial charge in [0.05, 0.1) is 6.04 Å². The van der Waals surface area contributed by atoms with Gasteiger partial charge in [-0.05, 0) is 66.7 Å². The molecule has 2 amide bonds. The second-order valence-electron chi connectivity index (χ2n) is 10.4. The second kappa shape index (κ2) is 12.1. The van der Waals surface area contributed by atoms with E-state index in [1.807, 2.05) is 41.5 Å². The Morgan fingerprint density at radius 2 is 1.50 bits per heavy atom. The average molecular weight is 568 g/mol. The fraction of sp³-hybridized carbons (Fsp3) is 0.864. The number of amides is 2. The van der Waals surface area contributed by atoms with Crippen molar-refractivity contribution in [3.8, 4) is 0 Å². The summed E-state index contributed by atoms with van der Waals surface area (Å²) in [5.41, 5.74) is -0.965. The zero-order valence-electron chi connectivity index (χ0n) is 20.7. The number of alkyl carbamates (subject to hydrolysis) is 1. The molecule has 0 radical (unpaired) electrons. The van der Waals surface area contributed by atoms with Crippen molar-refractivity contribution in [1.29, 1.82) is 0 Å². The molecule has 9 nitrogen and oxygen atoms in total. The van der Waals surface area contributed by atoms with Crippen LogP contribution >= 0.6 is 24.0 Å². The molecule has 1 unspecified atom stereocenters. The van der Waals surface area contributed by atoms with Gasteiger partial charge < -0.3 is 29.9 Å². The number of piperidine rings is 1. The highest BCUT2D eigenvalue weighted by molar-refractivity contribution is 14.0. The molecule has 2 rings (SSSR count). The zero-order chi connectivity index (χ0) is 23.2. The highest BCUT2D eigenvalue weighted by Crippen LogP contribution is 2.19. The Kier molecular flexibility index (Phi) is 10.8. The van der Waals surface area contributed by atoms with Crippen molar-refractivity contribution in [2.24, 2.45) is 10.9 Å². The van der Waals surface area contributed by atoms with E-state index in [1.165, 1.54) is 0 Å². The minimum Gasteiger partial charge on any atom is -0.444 e. The van der Waals surface area contributed by atoms with E-state index in [2.05, 4.69) is 20.5 Å². The number of carbonyl (C=O) groups is 2. The maximum Gasteiger partial charge on any atom is 0.410 e. The predicted octanol–water partition coefficient (Wildman–Crippen LogP) is 3.43. The molecule has 186 valence electrons. The first-order valence-electron chi connectivity index (χ1n) is 11.3. The summed E-state index contributed by atoms with van der Waals surface area (Å²) < 4.78 is 10.8. The summed E-state index contributed by atoms with van der Waals surface area (Å²) in [7, 11) is 1.78. The lowest BCUT2D eigenvalue weighted by Crippen LogP contribution is -2.47. The van der Waals surface area contributed by atoms with E-state index in [-0.39, 0.29) is 42.2 Å². The Hall–Kier alpha value is -1.46. The summed E-state index contributed by atoms with van der Waals surface area (Å²) in [4.78, 5) is 32.6. The van der Waals surface area contributed by atoms with E-state index in [9.17, 15) is 9.59 Å². The van der Waals surface area contributed by atoms with E-state index in [1.54, 1.807) is 11.9 Å². The number of nitrogens with zero attached hydrogens (tertiary/aromatic N) is 3. The fourth-order valence-electron chi connectivity index (χ4n) is 3.76. The van der Waals surface area contributed by atoms with Crippen LogP contribution in [0.4, 0.5) is 9.59 Å². The average Bonchev–Trinajstić information content (AvgIpc) is 3.07. The molecule has 2 fully saturated rings. The van der Waals surface area contributed by atoms with Crippen molar-refractivity contribution < 1.29 is 19.1 Å². The molecule has 2 heterocycles. The number of hydrogen-bond donors (Lipinski definition) is 2. The number of nitrogens with one attached hydrogen (secondary N) is 2. The largest absolute Gasteiger partial charge is 0.444 e. The van der Waals surface area contributed by atoms with Crippen LogP contribution in [0.3, 0.4) is 0 Å². The molecule has 0 aromatic rings. The van der Waals surface area contributed by atoms with Gasteiger partial charge in [-0.1, -0.05) is 0 Å². The number of guanidine groups is 1. The molecular weight excluding hydrogens is 525 g/mol. The SMILES string of the molecule is CN=C(NCC1CCN(C(=O)OC(C)(C)C)CC1)N1CCC(NC(=O)OC(C)(C)C)C1.I. The van der Waals surface area contributed by atoms with Crippen LogP contribution in [0.25, 0.3) is 0 Å². The lowest BCUT2D eigenvalue weighted by molar-refractivity contribution is 0.0185. The Labute approximate surface area is 210 Å². The molecule has 2 aliphatic heterocycles. The van der Waals surface area contributed by atoms with Crippen LogP contribution in [0.2, 0.25) is 0 Å². The Morgan fingerprint density at radius 1 is 0.938 bits per heavy atom. The summed E-state index contributed by atoms with van der Waals surface area (Å²) in [6.07, 6.45) is 2.13. The maximum absolute atomic E-state index is 12.2. The summed E-state index contributed by atoms with van der Waals surface area (Å²) in [6, 6.07) is 0.0467. The smallest absolute Gasteiger partial charge is 0.410 e. The van der Waals surface area contributed by atoms with Gasteiger partial charge in [0.15, 0.2) is 5.96 Å². The summed E-state index contributed by atoms with van der Waals surface area (Å²) in [5.74, 6) is 1.33. The Bertz CT molecular complexity index is 652. The molecule has 0 spiro atoms. The number of ether oxygens (including phenoxy) is 2. The molecule has 0 bridgehead atoms. The van der Waals surface area contributed by atoms with Crippen LogP contribution in [0.1, 0.15) is 60.8 Å². The minimum atomic E-state index is -0.501. The number of carbonyl (C=O) groups excluding carboxylic acids is 2.